The van der Waals surface area contributed by atoms with Gasteiger partial charge in [0.15, 0.2) is 0 Å². The number of carbonyl (C=O) groups is 1. The van der Waals surface area contributed by atoms with Gasteiger partial charge in [0.05, 0.1) is 12.5 Å². The summed E-state index contributed by atoms with van der Waals surface area (Å²) in [4.78, 5) is 12.4. The van der Waals surface area contributed by atoms with Crippen molar-refractivity contribution in [1.29, 1.82) is 0 Å². The van der Waals surface area contributed by atoms with Crippen molar-refractivity contribution in [2.75, 3.05) is 13.6 Å². The van der Waals surface area contributed by atoms with E-state index in [2.05, 4.69) is 31.2 Å². The van der Waals surface area contributed by atoms with Gasteiger partial charge in [0, 0.05) is 13.1 Å². The molecule has 4 nitrogen and oxygen atoms in total. The first-order valence-electron chi connectivity index (χ1n) is 6.17. The SMILES string of the molecule is CCc1ccc(CN(C)CC(O)CC(=O)O)cc1. The number of likely N-dealkylation sites (N-methyl/N-ethyl adjacent to an activating group) is 1. The zero-order chi connectivity index (χ0) is 13.5. The van der Waals surface area contributed by atoms with Gasteiger partial charge in [-0.1, -0.05) is 31.2 Å². The monoisotopic (exact) mass is 251 g/mol. The normalized spacial score (nSPS) is 12.7. The predicted molar refractivity (Wildman–Crippen MR) is 70.4 cm³/mol. The van der Waals surface area contributed by atoms with Crippen LogP contribution in [0.15, 0.2) is 24.3 Å². The first kappa shape index (κ1) is 14.7. The zero-order valence-corrected chi connectivity index (χ0v) is 11.0. The lowest BCUT2D eigenvalue weighted by molar-refractivity contribution is -0.139. The van der Waals surface area contributed by atoms with Gasteiger partial charge in [-0.3, -0.25) is 9.69 Å². The highest BCUT2D eigenvalue weighted by atomic mass is 16.4. The van der Waals surface area contributed by atoms with E-state index in [4.69, 9.17) is 5.11 Å². The van der Waals surface area contributed by atoms with Crippen molar-refractivity contribution in [1.82, 2.24) is 4.90 Å². The predicted octanol–water partition coefficient (Wildman–Crippen LogP) is 1.52. The molecule has 0 radical (unpaired) electrons. The van der Waals surface area contributed by atoms with Gasteiger partial charge in [-0.05, 0) is 24.6 Å². The minimum Gasteiger partial charge on any atom is -0.481 e. The summed E-state index contributed by atoms with van der Waals surface area (Å²) in [5, 5.41) is 18.1. The maximum atomic E-state index is 10.4. The molecule has 0 aliphatic rings. The minimum atomic E-state index is -0.969. The summed E-state index contributed by atoms with van der Waals surface area (Å²) in [6.07, 6.45) is -0.00515. The smallest absolute Gasteiger partial charge is 0.306 e. The molecule has 0 aliphatic carbocycles. The summed E-state index contributed by atoms with van der Waals surface area (Å²) in [6, 6.07) is 8.32. The summed E-state index contributed by atoms with van der Waals surface area (Å²) in [5.74, 6) is -0.969. The third-order valence-corrected chi connectivity index (χ3v) is 2.82. The number of aryl methyl sites for hydroxylation is 1. The van der Waals surface area contributed by atoms with Crippen LogP contribution < -0.4 is 0 Å². The second-order valence-corrected chi connectivity index (χ2v) is 4.62. The van der Waals surface area contributed by atoms with Crippen molar-refractivity contribution in [3.8, 4) is 0 Å². The molecular formula is C14H21NO3. The molecule has 1 aromatic carbocycles. The summed E-state index contributed by atoms with van der Waals surface area (Å²) in [6.45, 7) is 3.19. The molecule has 0 spiro atoms. The molecule has 0 aliphatic heterocycles. The number of carboxylic acid groups (broad SMARTS) is 1. The van der Waals surface area contributed by atoms with Crippen molar-refractivity contribution in [3.63, 3.8) is 0 Å². The number of nitrogens with zero attached hydrogens (tertiary/aromatic N) is 1. The van der Waals surface area contributed by atoms with E-state index >= 15 is 0 Å². The van der Waals surface area contributed by atoms with Gasteiger partial charge < -0.3 is 10.2 Å². The number of carboxylic acids is 1. The van der Waals surface area contributed by atoms with Crippen LogP contribution in [0.3, 0.4) is 0 Å². The Morgan fingerprint density at radius 3 is 2.33 bits per heavy atom. The van der Waals surface area contributed by atoms with Crippen LogP contribution in [0.4, 0.5) is 0 Å². The van der Waals surface area contributed by atoms with Gasteiger partial charge >= 0.3 is 5.97 Å². The minimum absolute atomic E-state index is 0.209. The summed E-state index contributed by atoms with van der Waals surface area (Å²) < 4.78 is 0. The molecule has 2 N–H and O–H groups in total. The lowest BCUT2D eigenvalue weighted by atomic mass is 10.1. The maximum Gasteiger partial charge on any atom is 0.306 e. The number of hydrogen-bond donors (Lipinski definition) is 2. The quantitative estimate of drug-likeness (QED) is 0.771. The topological polar surface area (TPSA) is 60.8 Å². The molecule has 0 heterocycles. The molecule has 1 rings (SSSR count). The first-order valence-corrected chi connectivity index (χ1v) is 6.17. The van der Waals surface area contributed by atoms with Crippen LogP contribution in [0.25, 0.3) is 0 Å². The fourth-order valence-electron chi connectivity index (χ4n) is 1.88. The van der Waals surface area contributed by atoms with Crippen molar-refractivity contribution in [3.05, 3.63) is 35.4 Å². The second kappa shape index (κ2) is 7.13. The number of benzene rings is 1. The van der Waals surface area contributed by atoms with Crippen molar-refractivity contribution < 1.29 is 15.0 Å². The number of aliphatic carboxylic acids is 1. The highest BCUT2D eigenvalue weighted by Gasteiger charge is 2.12. The number of rotatable bonds is 7. The summed E-state index contributed by atoms with van der Waals surface area (Å²) in [5.41, 5.74) is 2.46. The molecule has 0 fully saturated rings. The first-order chi connectivity index (χ1) is 8.51. The number of hydrogen-bond acceptors (Lipinski definition) is 3. The van der Waals surface area contributed by atoms with Crippen LogP contribution in [0.1, 0.15) is 24.5 Å². The lowest BCUT2D eigenvalue weighted by Gasteiger charge is -2.19. The van der Waals surface area contributed by atoms with Crippen LogP contribution in [-0.2, 0) is 17.8 Å². The molecule has 1 atom stereocenters. The van der Waals surface area contributed by atoms with Crippen molar-refractivity contribution in [2.24, 2.45) is 0 Å². The molecular weight excluding hydrogens is 230 g/mol. The Morgan fingerprint density at radius 2 is 1.83 bits per heavy atom. The average Bonchev–Trinajstić information content (AvgIpc) is 2.28. The Balaban J connectivity index is 2.43. The molecule has 0 saturated heterocycles. The standard InChI is InChI=1S/C14H21NO3/c1-3-11-4-6-12(7-5-11)9-15(2)10-13(16)8-14(17)18/h4-7,13,16H,3,8-10H2,1-2H3,(H,17,18). The van der Waals surface area contributed by atoms with E-state index in [1.165, 1.54) is 5.56 Å². The third kappa shape index (κ3) is 5.29. The van der Waals surface area contributed by atoms with E-state index in [0.29, 0.717) is 13.1 Å². The van der Waals surface area contributed by atoms with Gasteiger partial charge in [-0.25, -0.2) is 0 Å². The zero-order valence-electron chi connectivity index (χ0n) is 11.0. The molecule has 0 bridgehead atoms. The van der Waals surface area contributed by atoms with E-state index in [-0.39, 0.29) is 6.42 Å². The Labute approximate surface area is 108 Å². The van der Waals surface area contributed by atoms with E-state index in [1.807, 2.05) is 11.9 Å². The van der Waals surface area contributed by atoms with Crippen LogP contribution in [-0.4, -0.2) is 40.8 Å². The van der Waals surface area contributed by atoms with Crippen LogP contribution in [0.2, 0.25) is 0 Å². The lowest BCUT2D eigenvalue weighted by Crippen LogP contribution is -2.30. The van der Waals surface area contributed by atoms with Crippen molar-refractivity contribution in [2.45, 2.75) is 32.4 Å². The largest absolute Gasteiger partial charge is 0.481 e. The molecule has 0 aromatic heterocycles. The fourth-order valence-corrected chi connectivity index (χ4v) is 1.88. The molecule has 100 valence electrons. The molecule has 1 unspecified atom stereocenters. The Bertz CT molecular complexity index is 375. The van der Waals surface area contributed by atoms with Gasteiger partial charge in [-0.15, -0.1) is 0 Å². The van der Waals surface area contributed by atoms with Crippen LogP contribution in [0.5, 0.6) is 0 Å². The van der Waals surface area contributed by atoms with Gasteiger partial charge in [0.1, 0.15) is 0 Å². The Morgan fingerprint density at radius 1 is 1.28 bits per heavy atom. The van der Waals surface area contributed by atoms with Gasteiger partial charge in [0.25, 0.3) is 0 Å². The summed E-state index contributed by atoms with van der Waals surface area (Å²) >= 11 is 0. The number of aliphatic hydroxyl groups is 1. The maximum absolute atomic E-state index is 10.4. The molecule has 4 heteroatoms. The van der Waals surface area contributed by atoms with E-state index in [1.54, 1.807) is 0 Å². The van der Waals surface area contributed by atoms with Crippen LogP contribution >= 0.6 is 0 Å². The van der Waals surface area contributed by atoms with Gasteiger partial charge in [0.2, 0.25) is 0 Å². The van der Waals surface area contributed by atoms with Crippen molar-refractivity contribution >= 4 is 5.97 Å². The molecule has 0 amide bonds. The molecule has 0 saturated carbocycles. The second-order valence-electron chi connectivity index (χ2n) is 4.62. The highest BCUT2D eigenvalue weighted by molar-refractivity contribution is 5.67. The fraction of sp³-hybridized carbons (Fsp3) is 0.500. The molecule has 1 aromatic rings. The van der Waals surface area contributed by atoms with E-state index in [9.17, 15) is 9.90 Å². The molecule has 18 heavy (non-hydrogen) atoms. The van der Waals surface area contributed by atoms with E-state index in [0.717, 1.165) is 12.0 Å². The van der Waals surface area contributed by atoms with Crippen LogP contribution in [0, 0.1) is 0 Å². The highest BCUT2D eigenvalue weighted by Crippen LogP contribution is 2.08. The Kier molecular flexibility index (Phi) is 5.82. The van der Waals surface area contributed by atoms with Gasteiger partial charge in [-0.2, -0.15) is 0 Å². The average molecular weight is 251 g/mol. The Hall–Kier alpha value is -1.39. The third-order valence-electron chi connectivity index (χ3n) is 2.82. The number of aliphatic hydroxyl groups excluding tert-OH is 1. The summed E-state index contributed by atoms with van der Waals surface area (Å²) in [7, 11) is 1.87. The van der Waals surface area contributed by atoms with E-state index < -0.39 is 12.1 Å².